The Hall–Kier alpha value is -1.05. The average molecular weight is 136 g/mol. The first kappa shape index (κ1) is 7.06. The van der Waals surface area contributed by atoms with Gasteiger partial charge in [0.05, 0.1) is 11.0 Å². The highest BCUT2D eigenvalue weighted by Gasteiger charge is 1.93. The molecule has 2 heteroatoms. The summed E-state index contributed by atoms with van der Waals surface area (Å²) in [5.74, 6) is 0. The van der Waals surface area contributed by atoms with E-state index in [0.29, 0.717) is 0 Å². The van der Waals surface area contributed by atoms with E-state index in [9.17, 15) is 0 Å². The molecule has 0 saturated heterocycles. The summed E-state index contributed by atoms with van der Waals surface area (Å²) < 4.78 is 0. The molecule has 0 saturated carbocycles. The number of hydrogen-bond acceptors (Lipinski definition) is 1. The Bertz CT molecular complexity index is 329. The lowest BCUT2D eigenvalue weighted by Crippen LogP contribution is -2.23. The van der Waals surface area contributed by atoms with E-state index in [1.54, 1.807) is 0 Å². The van der Waals surface area contributed by atoms with Crippen molar-refractivity contribution in [2.24, 2.45) is 0 Å². The molecule has 0 aliphatic carbocycles. The topological polar surface area (TPSA) is 28.7 Å². The van der Waals surface area contributed by atoms with E-state index < -0.39 is 0 Å². The summed E-state index contributed by atoms with van der Waals surface area (Å²) in [6.45, 7) is 9.93. The third-order valence-electron chi connectivity index (χ3n) is 1.52. The van der Waals surface area contributed by atoms with E-state index >= 15 is 0 Å². The molecule has 54 valence electrons. The van der Waals surface area contributed by atoms with Gasteiger partial charge < -0.3 is 0 Å². The summed E-state index contributed by atoms with van der Waals surface area (Å²) in [4.78, 5) is 0. The summed E-state index contributed by atoms with van der Waals surface area (Å²) >= 11 is 0. The molecule has 1 heterocycles. The van der Waals surface area contributed by atoms with E-state index in [1.165, 1.54) is 10.8 Å². The summed E-state index contributed by atoms with van der Waals surface area (Å²) in [6, 6.07) is 0. The Labute approximate surface area is 60.3 Å². The first-order chi connectivity index (χ1) is 4.63. The van der Waals surface area contributed by atoms with Crippen molar-refractivity contribution < 1.29 is 0 Å². The van der Waals surface area contributed by atoms with Crippen molar-refractivity contribution in [3.05, 3.63) is 16.3 Å². The number of nitrogens with one attached hydrogen (secondary N) is 1. The third-order valence-corrected chi connectivity index (χ3v) is 1.52. The van der Waals surface area contributed by atoms with Gasteiger partial charge in [-0.3, -0.25) is 5.10 Å². The van der Waals surface area contributed by atoms with Crippen LogP contribution in [0.25, 0.3) is 12.2 Å². The number of aromatic amines is 1. The van der Waals surface area contributed by atoms with E-state index in [4.69, 9.17) is 0 Å². The van der Waals surface area contributed by atoms with Crippen LogP contribution >= 0.6 is 0 Å². The molecule has 1 N–H and O–H groups in total. The average Bonchev–Trinajstić information content (AvgIpc) is 2.11. The largest absolute Gasteiger partial charge is 0.278 e. The second kappa shape index (κ2) is 2.29. The second-order valence-corrected chi connectivity index (χ2v) is 2.66. The molecule has 0 atom stereocenters. The van der Waals surface area contributed by atoms with E-state index in [1.807, 2.05) is 6.92 Å². The molecular formula is C8H12N2. The maximum absolute atomic E-state index is 4.03. The first-order valence-electron chi connectivity index (χ1n) is 3.30. The maximum Gasteiger partial charge on any atom is 0.0669 e. The van der Waals surface area contributed by atoms with Crippen LogP contribution in [-0.4, -0.2) is 10.2 Å². The highest BCUT2D eigenvalue weighted by Crippen LogP contribution is 1.84. The first-order valence-corrected chi connectivity index (χ1v) is 3.30. The number of rotatable bonds is 0. The Morgan fingerprint density at radius 3 is 2.30 bits per heavy atom. The molecule has 0 aliphatic rings. The van der Waals surface area contributed by atoms with Crippen LogP contribution in [-0.2, 0) is 0 Å². The number of nitrogens with zero attached hydrogens (tertiary/aromatic N) is 1. The Morgan fingerprint density at radius 2 is 2.10 bits per heavy atom. The molecule has 2 nitrogen and oxygen atoms in total. The minimum Gasteiger partial charge on any atom is -0.278 e. The van der Waals surface area contributed by atoms with Crippen molar-refractivity contribution in [2.75, 3.05) is 0 Å². The molecule has 1 aromatic rings. The molecule has 0 bridgehead atoms. The molecule has 10 heavy (non-hydrogen) atoms. The number of hydrogen-bond donors (Lipinski definition) is 1. The fourth-order valence-electron chi connectivity index (χ4n) is 1.15. The van der Waals surface area contributed by atoms with Crippen LogP contribution in [0.3, 0.4) is 0 Å². The van der Waals surface area contributed by atoms with Crippen LogP contribution in [0.2, 0.25) is 0 Å². The molecule has 0 aromatic carbocycles. The van der Waals surface area contributed by atoms with Crippen LogP contribution in [0.5, 0.6) is 0 Å². The van der Waals surface area contributed by atoms with E-state index in [0.717, 1.165) is 11.0 Å². The lowest BCUT2D eigenvalue weighted by molar-refractivity contribution is 1.03. The number of aryl methyl sites for hydroxylation is 1. The Morgan fingerprint density at radius 1 is 1.50 bits per heavy atom. The molecule has 0 radical (unpaired) electrons. The van der Waals surface area contributed by atoms with E-state index in [2.05, 4.69) is 30.6 Å². The normalized spacial score (nSPS) is 9.90. The van der Waals surface area contributed by atoms with Gasteiger partial charge in [-0.25, -0.2) is 0 Å². The predicted molar refractivity (Wildman–Crippen MR) is 42.9 cm³/mol. The molecule has 0 spiro atoms. The Balaban J connectivity index is 3.70. The van der Waals surface area contributed by atoms with Crippen LogP contribution in [0.1, 0.15) is 19.5 Å². The van der Waals surface area contributed by atoms with Gasteiger partial charge in [0.1, 0.15) is 0 Å². The molecule has 0 fully saturated rings. The van der Waals surface area contributed by atoms with Crippen molar-refractivity contribution in [3.8, 4) is 0 Å². The van der Waals surface area contributed by atoms with Gasteiger partial charge in [0.15, 0.2) is 0 Å². The summed E-state index contributed by atoms with van der Waals surface area (Å²) in [7, 11) is 0. The molecule has 0 aliphatic heterocycles. The van der Waals surface area contributed by atoms with Crippen LogP contribution in [0.15, 0.2) is 0 Å². The summed E-state index contributed by atoms with van der Waals surface area (Å²) in [5.41, 5.74) is 2.29. The van der Waals surface area contributed by atoms with Crippen molar-refractivity contribution in [3.63, 3.8) is 0 Å². The highest BCUT2D eigenvalue weighted by atomic mass is 15.1. The fourth-order valence-corrected chi connectivity index (χ4v) is 1.15. The standard InChI is InChI=1S/C8H12N2/c1-5(2)8-6(3)9-10-7(8)4/h9H,3H2,1-2,4H3. The maximum atomic E-state index is 4.03. The van der Waals surface area contributed by atoms with Gasteiger partial charge in [-0.15, -0.1) is 0 Å². The predicted octanol–water partition coefficient (Wildman–Crippen LogP) is 0.319. The molecule has 0 unspecified atom stereocenters. The second-order valence-electron chi connectivity index (χ2n) is 2.66. The van der Waals surface area contributed by atoms with Crippen molar-refractivity contribution in [2.45, 2.75) is 20.8 Å². The molecule has 1 rings (SSSR count). The van der Waals surface area contributed by atoms with E-state index in [-0.39, 0.29) is 0 Å². The van der Waals surface area contributed by atoms with Gasteiger partial charge in [-0.1, -0.05) is 12.2 Å². The zero-order chi connectivity index (χ0) is 7.72. The van der Waals surface area contributed by atoms with Gasteiger partial charge in [0.2, 0.25) is 0 Å². The fraction of sp³-hybridized carbons (Fsp3) is 0.375. The lowest BCUT2D eigenvalue weighted by atomic mass is 10.2. The minimum absolute atomic E-state index is 0.914. The third kappa shape index (κ3) is 0.967. The number of H-pyrrole nitrogens is 1. The smallest absolute Gasteiger partial charge is 0.0669 e. The van der Waals surface area contributed by atoms with Crippen LogP contribution in [0, 0.1) is 6.92 Å². The highest BCUT2D eigenvalue weighted by molar-refractivity contribution is 5.39. The van der Waals surface area contributed by atoms with Crippen molar-refractivity contribution >= 4 is 12.2 Å². The molecule has 1 aromatic heterocycles. The molecular weight excluding hydrogens is 124 g/mol. The zero-order valence-corrected chi connectivity index (χ0v) is 6.65. The van der Waals surface area contributed by atoms with Gasteiger partial charge >= 0.3 is 0 Å². The summed E-state index contributed by atoms with van der Waals surface area (Å²) in [5, 5.41) is 8.95. The number of aromatic nitrogens is 2. The van der Waals surface area contributed by atoms with Crippen LogP contribution in [0.4, 0.5) is 0 Å². The van der Waals surface area contributed by atoms with Gasteiger partial charge in [0, 0.05) is 5.22 Å². The zero-order valence-electron chi connectivity index (χ0n) is 6.65. The SMILES string of the molecule is C=c1[nH]nc(C)c1=C(C)C. The van der Waals surface area contributed by atoms with Gasteiger partial charge in [-0.2, -0.15) is 5.10 Å². The van der Waals surface area contributed by atoms with Crippen LogP contribution < -0.4 is 10.6 Å². The molecule has 0 amide bonds. The quantitative estimate of drug-likeness (QED) is 0.546. The van der Waals surface area contributed by atoms with Crippen molar-refractivity contribution in [1.29, 1.82) is 0 Å². The van der Waals surface area contributed by atoms with Gasteiger partial charge in [0.25, 0.3) is 0 Å². The summed E-state index contributed by atoms with van der Waals surface area (Å²) in [6.07, 6.45) is 0. The van der Waals surface area contributed by atoms with Crippen molar-refractivity contribution in [1.82, 2.24) is 10.2 Å². The lowest BCUT2D eigenvalue weighted by Gasteiger charge is -1.84. The monoisotopic (exact) mass is 136 g/mol. The van der Waals surface area contributed by atoms with Gasteiger partial charge in [-0.05, 0) is 20.8 Å². The minimum atomic E-state index is 0.914. The Kier molecular flexibility index (Phi) is 1.62.